The molecule has 4 aliphatic heterocycles. The number of nitrogens with one attached hydrogen (secondary N) is 1. The first kappa shape index (κ1) is 44.9. The van der Waals surface area contributed by atoms with Crippen molar-refractivity contribution in [2.45, 2.75) is 36.3 Å². The Bertz CT molecular complexity index is 2880. The molecule has 2 N–H and O–H groups in total. The Labute approximate surface area is 396 Å². The van der Waals surface area contributed by atoms with E-state index in [1.807, 2.05) is 77.7 Å². The van der Waals surface area contributed by atoms with E-state index < -0.39 is 64.4 Å². The molecule has 4 heterocycles. The number of anilines is 3. The Morgan fingerprint density at radius 2 is 1.43 bits per heavy atom. The summed E-state index contributed by atoms with van der Waals surface area (Å²) in [5.74, 6) is -3.59. The van der Waals surface area contributed by atoms with Crippen LogP contribution in [0.4, 0.5) is 27.5 Å². The summed E-state index contributed by atoms with van der Waals surface area (Å²) in [5, 5.41) is 24.5. The van der Waals surface area contributed by atoms with Crippen molar-refractivity contribution in [2.24, 2.45) is 5.92 Å². The average molecular weight is 930 g/mol. The highest BCUT2D eigenvalue weighted by atomic mass is 16.6. The number of ether oxygens (including phenoxy) is 4. The van der Waals surface area contributed by atoms with Gasteiger partial charge in [-0.3, -0.25) is 29.4 Å². The third kappa shape index (κ3) is 8.01. The summed E-state index contributed by atoms with van der Waals surface area (Å²) < 4.78 is 24.2. The van der Waals surface area contributed by atoms with Gasteiger partial charge in [-0.15, -0.1) is 0 Å². The number of hydrogen-bond acceptors (Lipinski definition) is 13. The van der Waals surface area contributed by atoms with Gasteiger partial charge >= 0.3 is 12.1 Å². The third-order valence-electron chi connectivity index (χ3n) is 13.4. The van der Waals surface area contributed by atoms with Crippen LogP contribution in [-0.2, 0) is 40.6 Å². The Morgan fingerprint density at radius 3 is 2.13 bits per heavy atom. The van der Waals surface area contributed by atoms with Gasteiger partial charge in [-0.2, -0.15) is 0 Å². The normalized spacial score (nSPS) is 22.9. The van der Waals surface area contributed by atoms with Gasteiger partial charge in [0.05, 0.1) is 48.4 Å². The second-order valence-electron chi connectivity index (χ2n) is 17.1. The van der Waals surface area contributed by atoms with Crippen molar-refractivity contribution >= 4 is 46.6 Å². The second-order valence-corrected chi connectivity index (χ2v) is 17.1. The zero-order valence-electron chi connectivity index (χ0n) is 37.2. The predicted octanol–water partition coefficient (Wildman–Crippen LogP) is 7.44. The standard InChI is InChI=1S/C53H47N5O11/c59-29-32-67-43-18-10-7-15-40(43)48-53(41-16-8-9-17-42(41)56(51(53)62)52(63)68-33-34-19-23-39(24-20-34)58(64)65)44(49(60)54-37-21-25-38(26-22-37)55-27-30-66-31-28-55)46-50(61)69-47(36-13-5-2-6-14-36)45(57(46)48)35-11-3-1-4-12-35/h1-26,44-48,59H,27-33H2,(H,54,60)/t44-,45-,46-,47+,48+,53-/m0/s1. The summed E-state index contributed by atoms with van der Waals surface area (Å²) in [6.07, 6.45) is -2.02. The molecule has 0 bridgehead atoms. The van der Waals surface area contributed by atoms with E-state index in [9.17, 15) is 20.0 Å². The molecule has 69 heavy (non-hydrogen) atoms. The first-order chi connectivity index (χ1) is 33.7. The number of amides is 3. The minimum atomic E-state index is -2.08. The lowest BCUT2D eigenvalue weighted by molar-refractivity contribution is -0.384. The van der Waals surface area contributed by atoms with E-state index in [1.165, 1.54) is 24.3 Å². The van der Waals surface area contributed by atoms with E-state index in [1.54, 1.807) is 60.7 Å². The maximum Gasteiger partial charge on any atom is 0.421 e. The minimum absolute atomic E-state index is 0.118. The van der Waals surface area contributed by atoms with Gasteiger partial charge in [0, 0.05) is 42.2 Å². The molecule has 0 unspecified atom stereocenters. The Kier molecular flexibility index (Phi) is 12.4. The van der Waals surface area contributed by atoms with Crippen molar-refractivity contribution in [2.75, 3.05) is 54.6 Å². The SMILES string of the molecule is O=C1O[C@H](c2ccccc2)[C@H](c2ccccc2)N2[C@H]1[C@@H](C(=O)Nc1ccc(N3CCOCC3)cc1)[C@]1(C(=O)N(C(=O)OCc3ccc([N+](=O)[O-])cc3)c3ccccc31)[C@H]2c1ccccc1OCCO. The average Bonchev–Trinajstić information content (AvgIpc) is 3.85. The molecule has 10 rings (SSSR count). The monoisotopic (exact) mass is 929 g/mol. The van der Waals surface area contributed by atoms with E-state index in [-0.39, 0.29) is 42.5 Å². The number of non-ortho nitro benzene ring substituents is 1. The number of fused-ring (bicyclic) bond motifs is 3. The zero-order valence-corrected chi connectivity index (χ0v) is 37.2. The molecule has 350 valence electrons. The predicted molar refractivity (Wildman–Crippen MR) is 252 cm³/mol. The summed E-state index contributed by atoms with van der Waals surface area (Å²) >= 11 is 0. The Morgan fingerprint density at radius 1 is 0.783 bits per heavy atom. The van der Waals surface area contributed by atoms with E-state index in [0.29, 0.717) is 48.7 Å². The molecule has 0 radical (unpaired) electrons. The van der Waals surface area contributed by atoms with E-state index in [4.69, 9.17) is 18.9 Å². The largest absolute Gasteiger partial charge is 0.491 e. The molecule has 16 heteroatoms. The van der Waals surface area contributed by atoms with Gasteiger partial charge in [0.2, 0.25) is 11.8 Å². The van der Waals surface area contributed by atoms with Crippen molar-refractivity contribution in [3.05, 3.63) is 196 Å². The number of cyclic esters (lactones) is 1. The van der Waals surface area contributed by atoms with E-state index >= 15 is 14.4 Å². The molecule has 0 aliphatic carbocycles. The summed E-state index contributed by atoms with van der Waals surface area (Å²) in [6, 6.07) is 41.6. The maximum atomic E-state index is 16.4. The van der Waals surface area contributed by atoms with Crippen molar-refractivity contribution in [3.8, 4) is 5.75 Å². The molecule has 0 aromatic heterocycles. The number of carbonyl (C=O) groups is 4. The highest BCUT2D eigenvalue weighted by Crippen LogP contribution is 2.66. The highest BCUT2D eigenvalue weighted by molar-refractivity contribution is 6.24. The van der Waals surface area contributed by atoms with Gasteiger partial charge < -0.3 is 34.3 Å². The molecular formula is C53H47N5O11. The number of esters is 1. The maximum absolute atomic E-state index is 16.4. The molecular weight excluding hydrogens is 883 g/mol. The smallest absolute Gasteiger partial charge is 0.421 e. The molecule has 4 aliphatic rings. The van der Waals surface area contributed by atoms with Gasteiger partial charge in [0.25, 0.3) is 5.69 Å². The quantitative estimate of drug-likeness (QED) is 0.0700. The molecule has 16 nitrogen and oxygen atoms in total. The molecule has 3 amide bonds. The van der Waals surface area contributed by atoms with E-state index in [2.05, 4.69) is 10.2 Å². The number of nitro groups is 1. The van der Waals surface area contributed by atoms with Crippen LogP contribution in [-0.4, -0.2) is 84.4 Å². The second kappa shape index (κ2) is 19.0. The zero-order chi connectivity index (χ0) is 47.6. The lowest BCUT2D eigenvalue weighted by Crippen LogP contribution is -2.54. The molecule has 3 saturated heterocycles. The number of aliphatic hydroxyl groups is 1. The van der Waals surface area contributed by atoms with Gasteiger partial charge in [-0.25, -0.2) is 9.69 Å². The molecule has 6 atom stereocenters. The van der Waals surface area contributed by atoms with Crippen LogP contribution in [0.5, 0.6) is 5.75 Å². The summed E-state index contributed by atoms with van der Waals surface area (Å²) in [7, 11) is 0. The number of carbonyl (C=O) groups excluding carboxylic acids is 4. The van der Waals surface area contributed by atoms with E-state index in [0.717, 1.165) is 16.2 Å². The first-order valence-electron chi connectivity index (χ1n) is 22.7. The van der Waals surface area contributed by atoms with Crippen LogP contribution in [0.25, 0.3) is 0 Å². The fraction of sp³-hybridized carbons (Fsp3) is 0.245. The van der Waals surface area contributed by atoms with Crippen molar-refractivity contribution in [3.63, 3.8) is 0 Å². The number of benzene rings is 6. The highest BCUT2D eigenvalue weighted by Gasteiger charge is 2.76. The number of rotatable bonds is 12. The number of para-hydroxylation sites is 2. The number of nitrogens with zero attached hydrogens (tertiary/aromatic N) is 4. The van der Waals surface area contributed by atoms with Crippen molar-refractivity contribution in [1.82, 2.24) is 4.90 Å². The number of hydrogen-bond donors (Lipinski definition) is 2. The first-order valence-corrected chi connectivity index (χ1v) is 22.7. The van der Waals surface area contributed by atoms with Crippen LogP contribution in [0.15, 0.2) is 158 Å². The van der Waals surface area contributed by atoms with Crippen LogP contribution in [0.1, 0.15) is 46.0 Å². The lowest BCUT2D eigenvalue weighted by atomic mass is 9.65. The Balaban J connectivity index is 1.18. The molecule has 3 fully saturated rings. The van der Waals surface area contributed by atoms with Crippen LogP contribution < -0.4 is 19.9 Å². The topological polar surface area (TPSA) is 190 Å². The molecule has 6 aromatic carbocycles. The molecule has 0 saturated carbocycles. The van der Waals surface area contributed by atoms with Gasteiger partial charge in [0.1, 0.15) is 36.5 Å². The number of nitro benzene ring substituents is 1. The van der Waals surface area contributed by atoms with Crippen LogP contribution >= 0.6 is 0 Å². The van der Waals surface area contributed by atoms with Crippen LogP contribution in [0.3, 0.4) is 0 Å². The van der Waals surface area contributed by atoms with Crippen molar-refractivity contribution < 1.29 is 48.2 Å². The minimum Gasteiger partial charge on any atom is -0.491 e. The van der Waals surface area contributed by atoms with Crippen LogP contribution in [0, 0.1) is 16.0 Å². The Hall–Kier alpha value is -7.92. The lowest BCUT2D eigenvalue weighted by Gasteiger charge is -2.46. The summed E-state index contributed by atoms with van der Waals surface area (Å²) in [6.45, 7) is 1.75. The third-order valence-corrected chi connectivity index (χ3v) is 13.4. The van der Waals surface area contributed by atoms with Gasteiger partial charge in [-0.05, 0) is 70.8 Å². The molecule has 1 spiro atoms. The number of morpholine rings is 2. The number of aliphatic hydroxyl groups excluding tert-OH is 1. The summed E-state index contributed by atoms with van der Waals surface area (Å²) in [4.78, 5) is 78.1. The number of imide groups is 1. The van der Waals surface area contributed by atoms with Crippen molar-refractivity contribution in [1.29, 1.82) is 0 Å². The molecule has 6 aromatic rings. The summed E-state index contributed by atoms with van der Waals surface area (Å²) in [5.41, 5.74) is 1.72. The fourth-order valence-corrected chi connectivity index (χ4v) is 10.5. The van der Waals surface area contributed by atoms with Crippen LogP contribution in [0.2, 0.25) is 0 Å². The van der Waals surface area contributed by atoms with Gasteiger partial charge in [0.15, 0.2) is 0 Å². The van der Waals surface area contributed by atoms with Gasteiger partial charge in [-0.1, -0.05) is 97.1 Å². The fourth-order valence-electron chi connectivity index (χ4n) is 10.5.